The Labute approximate surface area is 242 Å². The number of aliphatic imine (C=N–C) groups is 1. The molecule has 0 saturated carbocycles. The Bertz CT molecular complexity index is 1210. The number of guanidine groups is 1. The number of amides is 2. The Balaban J connectivity index is 1.69. The van der Waals surface area contributed by atoms with E-state index in [0.29, 0.717) is 35.6 Å². The standard InChI is InChI=1S/C29H38F4N4O3S/c1-6-18(25(38)40-28(3,4)5)14-23(20-8-10-21(30)11-9-20)19(7-2)15-34-26-35-17-37(27(39)36-26)16-22-12-13-24(41-22)29(31,32)33/h8-13,18-19,23H,6-7,14-17H2,1-5H3,(H2,34,35,36,39)/t18?,19-,23+/m0/s1. The minimum Gasteiger partial charge on any atom is -0.460 e. The molecule has 2 aromatic rings. The van der Waals surface area contributed by atoms with Crippen molar-refractivity contribution in [1.82, 2.24) is 15.5 Å². The van der Waals surface area contributed by atoms with Crippen LogP contribution < -0.4 is 10.6 Å². The van der Waals surface area contributed by atoms with E-state index in [1.807, 2.05) is 34.6 Å². The number of nitrogens with zero attached hydrogens (tertiary/aromatic N) is 2. The number of halogens is 4. The van der Waals surface area contributed by atoms with Crippen LogP contribution in [0.25, 0.3) is 0 Å². The average Bonchev–Trinajstić information content (AvgIpc) is 3.36. The number of carbonyl (C=O) groups is 2. The third-order valence-electron chi connectivity index (χ3n) is 6.89. The number of esters is 1. The zero-order valence-corrected chi connectivity index (χ0v) is 24.8. The predicted octanol–water partition coefficient (Wildman–Crippen LogP) is 6.90. The van der Waals surface area contributed by atoms with Crippen LogP contribution in [0.15, 0.2) is 41.4 Å². The SMILES string of the molecule is CCC(C[C@@H](c1ccc(F)cc1)[C@@H](CC)CNC1=NCN(Cc2ccc(C(F)(F)F)s2)C(=O)N1)C(=O)OC(C)(C)C. The Kier molecular flexibility index (Phi) is 10.8. The number of nitrogens with one attached hydrogen (secondary N) is 2. The monoisotopic (exact) mass is 598 g/mol. The minimum absolute atomic E-state index is 0.00138. The Morgan fingerprint density at radius 2 is 1.80 bits per heavy atom. The second-order valence-electron chi connectivity index (χ2n) is 11.1. The second-order valence-corrected chi connectivity index (χ2v) is 12.3. The average molecular weight is 599 g/mol. The Morgan fingerprint density at radius 3 is 2.34 bits per heavy atom. The van der Waals surface area contributed by atoms with Gasteiger partial charge < -0.3 is 10.1 Å². The molecule has 41 heavy (non-hydrogen) atoms. The molecular formula is C29H38F4N4O3S. The van der Waals surface area contributed by atoms with Gasteiger partial charge in [0.2, 0.25) is 5.96 Å². The fourth-order valence-electron chi connectivity index (χ4n) is 4.70. The number of alkyl halides is 3. The van der Waals surface area contributed by atoms with Gasteiger partial charge in [0, 0.05) is 11.4 Å². The summed E-state index contributed by atoms with van der Waals surface area (Å²) in [6.45, 7) is 9.86. The lowest BCUT2D eigenvalue weighted by atomic mass is 9.77. The maximum atomic E-state index is 13.7. The number of hydrogen-bond acceptors (Lipinski definition) is 6. The number of hydrogen-bond donors (Lipinski definition) is 2. The van der Waals surface area contributed by atoms with Crippen LogP contribution in [0.4, 0.5) is 22.4 Å². The molecule has 0 fully saturated rings. The molecule has 1 aliphatic heterocycles. The largest absolute Gasteiger partial charge is 0.460 e. The first-order chi connectivity index (χ1) is 19.2. The molecule has 2 N–H and O–H groups in total. The Morgan fingerprint density at radius 1 is 1.12 bits per heavy atom. The van der Waals surface area contributed by atoms with Gasteiger partial charge in [0.25, 0.3) is 0 Å². The van der Waals surface area contributed by atoms with E-state index in [0.717, 1.165) is 18.1 Å². The van der Waals surface area contributed by atoms with E-state index in [2.05, 4.69) is 15.6 Å². The van der Waals surface area contributed by atoms with E-state index in [4.69, 9.17) is 4.74 Å². The Hall–Kier alpha value is -3.15. The molecule has 0 saturated heterocycles. The summed E-state index contributed by atoms with van der Waals surface area (Å²) in [5.74, 6) is -0.811. The maximum absolute atomic E-state index is 13.7. The molecule has 0 bridgehead atoms. The van der Waals surface area contributed by atoms with Gasteiger partial charge >= 0.3 is 18.2 Å². The van der Waals surface area contributed by atoms with Gasteiger partial charge in [-0.05, 0) is 75.3 Å². The molecule has 1 aliphatic rings. The molecule has 0 aliphatic carbocycles. The van der Waals surface area contributed by atoms with Gasteiger partial charge in [-0.25, -0.2) is 14.2 Å². The van der Waals surface area contributed by atoms with Crippen molar-refractivity contribution < 1.29 is 31.9 Å². The van der Waals surface area contributed by atoms with Crippen LogP contribution in [0.5, 0.6) is 0 Å². The molecule has 2 heterocycles. The smallest absolute Gasteiger partial charge is 0.425 e. The van der Waals surface area contributed by atoms with Gasteiger partial charge in [-0.1, -0.05) is 32.4 Å². The highest BCUT2D eigenvalue weighted by atomic mass is 32.1. The third-order valence-corrected chi connectivity index (χ3v) is 8.01. The van der Waals surface area contributed by atoms with E-state index in [1.54, 1.807) is 12.1 Å². The van der Waals surface area contributed by atoms with Crippen molar-refractivity contribution in [3.63, 3.8) is 0 Å². The molecule has 226 valence electrons. The quantitative estimate of drug-likeness (QED) is 0.218. The van der Waals surface area contributed by atoms with Crippen LogP contribution in [0.2, 0.25) is 0 Å². The number of ether oxygens (including phenoxy) is 1. The van der Waals surface area contributed by atoms with Gasteiger partial charge in [-0.2, -0.15) is 13.2 Å². The van der Waals surface area contributed by atoms with E-state index in [9.17, 15) is 27.2 Å². The highest BCUT2D eigenvalue weighted by molar-refractivity contribution is 7.12. The molecule has 0 spiro atoms. The number of urea groups is 1. The predicted molar refractivity (Wildman–Crippen MR) is 151 cm³/mol. The fraction of sp³-hybridized carbons (Fsp3) is 0.552. The summed E-state index contributed by atoms with van der Waals surface area (Å²) in [5, 5.41) is 5.86. The normalized spacial score (nSPS) is 16.5. The van der Waals surface area contributed by atoms with Crippen molar-refractivity contribution in [2.24, 2.45) is 16.8 Å². The van der Waals surface area contributed by atoms with Crippen LogP contribution in [-0.4, -0.2) is 41.7 Å². The van der Waals surface area contributed by atoms with Crippen LogP contribution in [0.1, 0.15) is 75.1 Å². The fourth-order valence-corrected chi connectivity index (χ4v) is 5.59. The summed E-state index contributed by atoms with van der Waals surface area (Å²) >= 11 is 0.600. The first-order valence-corrected chi connectivity index (χ1v) is 14.5. The lowest BCUT2D eigenvalue weighted by molar-refractivity contribution is -0.160. The van der Waals surface area contributed by atoms with Crippen LogP contribution in [0, 0.1) is 17.7 Å². The molecular weight excluding hydrogens is 560 g/mol. The second kappa shape index (κ2) is 13.7. The molecule has 3 atom stereocenters. The molecule has 3 rings (SSSR count). The number of carbonyl (C=O) groups excluding carboxylic acids is 2. The van der Waals surface area contributed by atoms with E-state index < -0.39 is 22.7 Å². The van der Waals surface area contributed by atoms with Crippen molar-refractivity contribution in [1.29, 1.82) is 0 Å². The lowest BCUT2D eigenvalue weighted by Gasteiger charge is -2.32. The van der Waals surface area contributed by atoms with Gasteiger partial charge in [-0.3, -0.25) is 15.0 Å². The molecule has 1 aromatic heterocycles. The summed E-state index contributed by atoms with van der Waals surface area (Å²) < 4.78 is 58.1. The molecule has 1 aromatic carbocycles. The van der Waals surface area contributed by atoms with Gasteiger partial charge in [0.1, 0.15) is 23.0 Å². The third kappa shape index (κ3) is 9.44. The molecule has 7 nitrogen and oxygen atoms in total. The van der Waals surface area contributed by atoms with Crippen LogP contribution in [0.3, 0.4) is 0 Å². The van der Waals surface area contributed by atoms with E-state index >= 15 is 0 Å². The van der Waals surface area contributed by atoms with Crippen molar-refractivity contribution in [3.8, 4) is 0 Å². The van der Waals surface area contributed by atoms with Crippen molar-refractivity contribution >= 4 is 29.3 Å². The summed E-state index contributed by atoms with van der Waals surface area (Å²) in [7, 11) is 0. The summed E-state index contributed by atoms with van der Waals surface area (Å²) in [4.78, 5) is 31.0. The van der Waals surface area contributed by atoms with E-state index in [1.165, 1.54) is 23.1 Å². The number of benzene rings is 1. The maximum Gasteiger partial charge on any atom is 0.425 e. The van der Waals surface area contributed by atoms with Gasteiger partial charge in [-0.15, -0.1) is 11.3 Å². The molecule has 1 unspecified atom stereocenters. The van der Waals surface area contributed by atoms with E-state index in [-0.39, 0.29) is 48.7 Å². The summed E-state index contributed by atoms with van der Waals surface area (Å²) in [6, 6.07) is 8.18. The van der Waals surface area contributed by atoms with Crippen LogP contribution >= 0.6 is 11.3 Å². The lowest BCUT2D eigenvalue weighted by Crippen LogP contribution is -2.52. The zero-order chi connectivity index (χ0) is 30.4. The van der Waals surface area contributed by atoms with Crippen molar-refractivity contribution in [3.05, 3.63) is 57.5 Å². The number of thiophene rings is 1. The first-order valence-electron chi connectivity index (χ1n) is 13.7. The number of rotatable bonds is 11. The topological polar surface area (TPSA) is 83.0 Å². The van der Waals surface area contributed by atoms with Crippen molar-refractivity contribution in [2.45, 2.75) is 78.1 Å². The highest BCUT2D eigenvalue weighted by Gasteiger charge is 2.33. The molecule has 12 heteroatoms. The first kappa shape index (κ1) is 32.4. The van der Waals surface area contributed by atoms with Gasteiger partial charge in [0.15, 0.2) is 0 Å². The van der Waals surface area contributed by atoms with Crippen molar-refractivity contribution in [2.75, 3.05) is 13.2 Å². The zero-order valence-electron chi connectivity index (χ0n) is 24.0. The molecule has 0 radical (unpaired) electrons. The summed E-state index contributed by atoms with van der Waals surface area (Å²) in [6.07, 6.45) is -2.60. The highest BCUT2D eigenvalue weighted by Crippen LogP contribution is 2.36. The summed E-state index contributed by atoms with van der Waals surface area (Å²) in [5.41, 5.74) is 0.286. The minimum atomic E-state index is -4.42. The molecule has 2 amide bonds. The van der Waals surface area contributed by atoms with Gasteiger partial charge in [0.05, 0.1) is 12.5 Å². The van der Waals surface area contributed by atoms with Crippen LogP contribution in [-0.2, 0) is 22.3 Å².